The van der Waals surface area contributed by atoms with Crippen LogP contribution in [0, 0.1) is 5.41 Å². The highest BCUT2D eigenvalue weighted by molar-refractivity contribution is 9.12. The summed E-state index contributed by atoms with van der Waals surface area (Å²) in [5.74, 6) is -1.38. The molecule has 2 aromatic rings. The van der Waals surface area contributed by atoms with Crippen molar-refractivity contribution < 1.29 is 19.5 Å². The molecular weight excluding hydrogens is 581 g/mol. The van der Waals surface area contributed by atoms with Gasteiger partial charge < -0.3 is 15.7 Å². The Hall–Kier alpha value is -2.42. The topological polar surface area (TPSA) is 108 Å². The van der Waals surface area contributed by atoms with Gasteiger partial charge in [-0.15, -0.1) is 0 Å². The molecule has 3 N–H and O–H groups in total. The first-order valence-electron chi connectivity index (χ1n) is 12.3. The zero-order valence-electron chi connectivity index (χ0n) is 20.4. The van der Waals surface area contributed by atoms with Gasteiger partial charge in [0, 0.05) is 30.2 Å². The molecule has 1 saturated carbocycles. The quantitative estimate of drug-likeness (QED) is 0.314. The van der Waals surface area contributed by atoms with Crippen molar-refractivity contribution in [2.75, 3.05) is 5.32 Å². The molecule has 0 radical (unpaired) electrons. The molecule has 1 aromatic carbocycles. The van der Waals surface area contributed by atoms with Gasteiger partial charge in [-0.3, -0.25) is 14.6 Å². The second-order valence-electron chi connectivity index (χ2n) is 9.69. The number of anilines is 1. The van der Waals surface area contributed by atoms with Crippen LogP contribution in [0.1, 0.15) is 67.8 Å². The Morgan fingerprint density at radius 3 is 2.22 bits per heavy atom. The zero-order chi connectivity index (χ0) is 26.8. The van der Waals surface area contributed by atoms with Crippen molar-refractivity contribution in [3.8, 4) is 0 Å². The second kappa shape index (κ2) is 11.1. The predicted octanol–water partition coefficient (Wildman–Crippen LogP) is 6.54. The van der Waals surface area contributed by atoms with Gasteiger partial charge in [0.05, 0.1) is 25.5 Å². The maximum atomic E-state index is 12.9. The molecule has 2 aliphatic carbocycles. The van der Waals surface area contributed by atoms with E-state index in [1.54, 1.807) is 24.3 Å². The van der Waals surface area contributed by atoms with E-state index >= 15 is 0 Å². The summed E-state index contributed by atoms with van der Waals surface area (Å²) < 4.78 is 0.458. The molecule has 1 fully saturated rings. The lowest BCUT2D eigenvalue weighted by molar-refractivity contribution is -0.145. The zero-order valence-corrected chi connectivity index (χ0v) is 23.5. The summed E-state index contributed by atoms with van der Waals surface area (Å²) in [6, 6.07) is 6.95. The number of pyridine rings is 1. The molecule has 37 heavy (non-hydrogen) atoms. The number of allylic oxidation sites excluding steroid dienone is 2. The first-order valence-corrected chi connectivity index (χ1v) is 13.8. The smallest absolute Gasteiger partial charge is 0.329 e. The third-order valence-electron chi connectivity index (χ3n) is 7.46. The number of nitrogens with one attached hydrogen (secondary N) is 2. The van der Waals surface area contributed by atoms with E-state index in [-0.39, 0.29) is 27.8 Å². The lowest BCUT2D eigenvalue weighted by Gasteiger charge is -2.46. The van der Waals surface area contributed by atoms with Crippen molar-refractivity contribution in [1.29, 1.82) is 0 Å². The fourth-order valence-corrected chi connectivity index (χ4v) is 6.62. The van der Waals surface area contributed by atoms with E-state index in [0.29, 0.717) is 16.6 Å². The first-order chi connectivity index (χ1) is 17.6. The van der Waals surface area contributed by atoms with Crippen LogP contribution in [0.2, 0.25) is 10.0 Å². The predicted molar refractivity (Wildman–Crippen MR) is 147 cm³/mol. The molecule has 7 nitrogen and oxygen atoms in total. The third kappa shape index (κ3) is 5.29. The number of halogens is 3. The number of amides is 1. The van der Waals surface area contributed by atoms with Gasteiger partial charge in [0.25, 0.3) is 5.91 Å². The summed E-state index contributed by atoms with van der Waals surface area (Å²) in [6.07, 6.45) is 8.75. The third-order valence-corrected chi connectivity index (χ3v) is 8.79. The van der Waals surface area contributed by atoms with Crippen molar-refractivity contribution in [3.63, 3.8) is 0 Å². The van der Waals surface area contributed by atoms with Crippen LogP contribution in [0.15, 0.2) is 46.8 Å². The standard InChI is InChI=1S/C27H28BrCl2N3O4/c1-2-27(25(36)37,33-22-21(28)23(34)26(22)11-5-3-4-6-12-26)13-16-7-9-17(10-8-16)32-24(35)20-18(29)14-31-15-19(20)30/h7-10,14-15,33H,2-6,11-13H2,1H3,(H,32,35)(H,36,37)/t27-/m0/s1. The molecular formula is C27H28BrCl2N3O4. The number of hydrogen-bond donors (Lipinski definition) is 3. The van der Waals surface area contributed by atoms with Gasteiger partial charge in [-0.25, -0.2) is 4.79 Å². The summed E-state index contributed by atoms with van der Waals surface area (Å²) >= 11 is 15.6. The molecule has 1 heterocycles. The number of carbonyl (C=O) groups excluding carboxylic acids is 2. The number of aromatic nitrogens is 1. The lowest BCUT2D eigenvalue weighted by atomic mass is 9.65. The summed E-state index contributed by atoms with van der Waals surface area (Å²) in [4.78, 5) is 42.1. The van der Waals surface area contributed by atoms with Crippen molar-refractivity contribution in [2.24, 2.45) is 5.41 Å². The normalized spacial score (nSPS) is 18.5. The fraction of sp³-hybridized carbons (Fsp3) is 0.407. The average Bonchev–Trinajstić information content (AvgIpc) is 3.15. The van der Waals surface area contributed by atoms with Crippen LogP contribution < -0.4 is 10.6 Å². The number of aliphatic carboxylic acids is 1. The van der Waals surface area contributed by atoms with Crippen LogP contribution in [0.25, 0.3) is 0 Å². The maximum absolute atomic E-state index is 12.9. The molecule has 1 atom stereocenters. The number of hydrogen-bond acceptors (Lipinski definition) is 5. The van der Waals surface area contributed by atoms with E-state index < -0.39 is 22.8 Å². The van der Waals surface area contributed by atoms with Crippen molar-refractivity contribution in [3.05, 3.63) is 68.0 Å². The monoisotopic (exact) mass is 607 g/mol. The van der Waals surface area contributed by atoms with Crippen molar-refractivity contribution in [1.82, 2.24) is 10.3 Å². The highest BCUT2D eigenvalue weighted by Crippen LogP contribution is 2.53. The Balaban J connectivity index is 1.53. The minimum absolute atomic E-state index is 0.0711. The minimum atomic E-state index is -1.29. The molecule has 0 unspecified atom stereocenters. The highest BCUT2D eigenvalue weighted by Gasteiger charge is 2.55. The summed E-state index contributed by atoms with van der Waals surface area (Å²) in [5, 5.41) is 16.7. The van der Waals surface area contributed by atoms with E-state index in [0.717, 1.165) is 49.8 Å². The number of benzene rings is 1. The molecule has 4 rings (SSSR count). The largest absolute Gasteiger partial charge is 0.479 e. The van der Waals surface area contributed by atoms with E-state index in [2.05, 4.69) is 31.5 Å². The van der Waals surface area contributed by atoms with Crippen LogP contribution in [-0.2, 0) is 16.0 Å². The molecule has 1 amide bonds. The van der Waals surface area contributed by atoms with Gasteiger partial charge in [-0.2, -0.15) is 0 Å². The van der Waals surface area contributed by atoms with E-state index in [1.807, 2.05) is 6.92 Å². The molecule has 10 heteroatoms. The molecule has 196 valence electrons. The van der Waals surface area contributed by atoms with Crippen molar-refractivity contribution in [2.45, 2.75) is 63.8 Å². The SMILES string of the molecule is CC[C@@](Cc1ccc(NC(=O)c2c(Cl)cncc2Cl)cc1)(NC1=C(Br)C(=O)C12CCCCCC2)C(=O)O. The molecule has 0 bridgehead atoms. The number of ketones is 1. The number of nitrogens with zero attached hydrogens (tertiary/aromatic N) is 1. The van der Waals surface area contributed by atoms with E-state index in [4.69, 9.17) is 23.2 Å². The van der Waals surface area contributed by atoms with Gasteiger partial charge >= 0.3 is 5.97 Å². The summed E-state index contributed by atoms with van der Waals surface area (Å²) in [6.45, 7) is 1.83. The second-order valence-corrected chi connectivity index (χ2v) is 11.3. The van der Waals surface area contributed by atoms with Gasteiger partial charge in [0.2, 0.25) is 0 Å². The van der Waals surface area contributed by atoms with E-state index in [9.17, 15) is 19.5 Å². The summed E-state index contributed by atoms with van der Waals surface area (Å²) in [7, 11) is 0. The Morgan fingerprint density at radius 2 is 1.68 bits per heavy atom. The van der Waals surface area contributed by atoms with Gasteiger partial charge in [-0.05, 0) is 52.9 Å². The lowest BCUT2D eigenvalue weighted by Crippen LogP contribution is -2.59. The number of carbonyl (C=O) groups is 3. The van der Waals surface area contributed by atoms with Crippen LogP contribution in [0.4, 0.5) is 5.69 Å². The molecule has 0 saturated heterocycles. The number of Topliss-reactive ketones (excluding diaryl/α,β-unsaturated/α-hetero) is 1. The van der Waals surface area contributed by atoms with Crippen LogP contribution in [-0.4, -0.2) is 33.3 Å². The van der Waals surface area contributed by atoms with Crippen LogP contribution in [0.5, 0.6) is 0 Å². The minimum Gasteiger partial charge on any atom is -0.479 e. The molecule has 2 aliphatic rings. The average molecular weight is 609 g/mol. The maximum Gasteiger partial charge on any atom is 0.329 e. The highest BCUT2D eigenvalue weighted by atomic mass is 79.9. The Labute approximate surface area is 234 Å². The summed E-state index contributed by atoms with van der Waals surface area (Å²) in [5.41, 5.74) is 0.219. The van der Waals surface area contributed by atoms with Gasteiger partial charge in [-0.1, -0.05) is 67.9 Å². The Bertz CT molecular complexity index is 1240. The molecule has 0 aliphatic heterocycles. The molecule has 1 aromatic heterocycles. The number of carboxylic acid groups (broad SMARTS) is 1. The van der Waals surface area contributed by atoms with E-state index in [1.165, 1.54) is 12.4 Å². The first kappa shape index (κ1) is 27.6. The van der Waals surface area contributed by atoms with Crippen LogP contribution in [0.3, 0.4) is 0 Å². The number of carboxylic acids is 1. The Morgan fingerprint density at radius 1 is 1.08 bits per heavy atom. The van der Waals surface area contributed by atoms with Gasteiger partial charge in [0.1, 0.15) is 5.54 Å². The van der Waals surface area contributed by atoms with Crippen LogP contribution >= 0.6 is 39.1 Å². The van der Waals surface area contributed by atoms with Crippen molar-refractivity contribution >= 4 is 62.5 Å². The molecule has 1 spiro atoms. The number of rotatable bonds is 8. The van der Waals surface area contributed by atoms with Gasteiger partial charge in [0.15, 0.2) is 5.78 Å². The Kier molecular flexibility index (Phi) is 8.31. The fourth-order valence-electron chi connectivity index (χ4n) is 5.22.